The molecule has 0 aromatic rings. The molecule has 0 heterocycles. The van der Waals surface area contributed by atoms with Crippen LogP contribution >= 0.6 is 0 Å². The number of nitrogens with zero attached hydrogens (tertiary/aromatic N) is 2. The molecule has 0 radical (unpaired) electrons. The third-order valence-electron chi connectivity index (χ3n) is 1.87. The van der Waals surface area contributed by atoms with Crippen LogP contribution < -0.4 is 139 Å². The summed E-state index contributed by atoms with van der Waals surface area (Å²) >= 11 is 0. The average Bonchev–Trinajstić information content (AvgIpc) is 2.58. The van der Waals surface area contributed by atoms with Gasteiger partial charge in [0.15, 0.2) is 23.9 Å². The zero-order valence-corrected chi connectivity index (χ0v) is 24.8. The summed E-state index contributed by atoms with van der Waals surface area (Å²) in [5.41, 5.74) is 0. The van der Waals surface area contributed by atoms with Gasteiger partial charge in [-0.1, -0.05) is 0 Å². The number of carbonyl (C=O) groups is 8. The van der Waals surface area contributed by atoms with Gasteiger partial charge in [-0.15, -0.1) is 0 Å². The van der Waals surface area contributed by atoms with Gasteiger partial charge in [-0.25, -0.2) is 19.2 Å². The molecular formula is C10H4N2Na4O16. The number of hydrogen-bond donors (Lipinski definition) is 0. The number of aliphatic carboxylic acids is 4. The number of carboxylic acids is 4. The van der Waals surface area contributed by atoms with Crippen LogP contribution in [0.1, 0.15) is 0 Å². The van der Waals surface area contributed by atoms with Crippen molar-refractivity contribution in [2.75, 3.05) is 13.1 Å². The van der Waals surface area contributed by atoms with Crippen LogP contribution in [0, 0.1) is 0 Å². The minimum absolute atomic E-state index is 0. The van der Waals surface area contributed by atoms with E-state index in [0.717, 1.165) is 0 Å². The maximum atomic E-state index is 10.8. The second-order valence-electron chi connectivity index (χ2n) is 3.78. The van der Waals surface area contributed by atoms with E-state index >= 15 is 0 Å². The van der Waals surface area contributed by atoms with Crippen molar-refractivity contribution in [1.82, 2.24) is 10.5 Å². The first-order chi connectivity index (χ1) is 12.8. The molecule has 0 spiro atoms. The Bertz CT molecular complexity index is 614. The Morgan fingerprint density at radius 2 is 0.594 bits per heavy atom. The van der Waals surface area contributed by atoms with Gasteiger partial charge in [-0.2, -0.15) is 0 Å². The van der Waals surface area contributed by atoms with E-state index in [-0.39, 0.29) is 118 Å². The van der Waals surface area contributed by atoms with Crippen molar-refractivity contribution in [3.8, 4) is 0 Å². The van der Waals surface area contributed by atoms with Crippen molar-refractivity contribution in [3.05, 3.63) is 0 Å². The summed E-state index contributed by atoms with van der Waals surface area (Å²) in [7, 11) is 0. The number of carboxylic acid groups (broad SMARTS) is 4. The van der Waals surface area contributed by atoms with E-state index in [0.29, 0.717) is 0 Å². The molecule has 22 heteroatoms. The Morgan fingerprint density at radius 1 is 0.438 bits per heavy atom. The monoisotopic (exact) mass is 500 g/mol. The molecule has 0 N–H and O–H groups in total. The standard InChI is InChI=1S/C10H8N2O16.4Na/c13-3(14)7(21)25-11(26-8(22)4(15)16)1-2-12(27-9(23)5(17)18)28-10(24)6(19)20;;;;/h1-2H2,(H,13,14)(H,15,16)(H,17,18)(H,19,20);;;;/q;4*+1/p-4. The van der Waals surface area contributed by atoms with Gasteiger partial charge in [0.2, 0.25) is 0 Å². The van der Waals surface area contributed by atoms with E-state index in [4.69, 9.17) is 0 Å². The van der Waals surface area contributed by atoms with Crippen LogP contribution in [0.4, 0.5) is 0 Å². The minimum Gasteiger partial charge on any atom is -0.539 e. The first kappa shape index (κ1) is 41.9. The summed E-state index contributed by atoms with van der Waals surface area (Å²) in [4.78, 5) is 99.7. The van der Waals surface area contributed by atoms with E-state index < -0.39 is 71.3 Å². The molecule has 0 saturated heterocycles. The predicted octanol–water partition coefficient (Wildman–Crippen LogP) is -21.6. The van der Waals surface area contributed by atoms with Crippen LogP contribution in [0.15, 0.2) is 0 Å². The smallest absolute Gasteiger partial charge is 0.539 e. The van der Waals surface area contributed by atoms with Crippen LogP contribution in [-0.4, -0.2) is 71.3 Å². The van der Waals surface area contributed by atoms with Gasteiger partial charge in [0.05, 0.1) is 13.1 Å². The predicted molar refractivity (Wildman–Crippen MR) is 57.8 cm³/mol. The Kier molecular flexibility index (Phi) is 27.8. The second kappa shape index (κ2) is 21.2. The fraction of sp³-hybridized carbons (Fsp3) is 0.200. The van der Waals surface area contributed by atoms with Crippen LogP contribution in [0.5, 0.6) is 0 Å². The van der Waals surface area contributed by atoms with E-state index in [1.54, 1.807) is 0 Å². The molecule has 0 aromatic carbocycles. The van der Waals surface area contributed by atoms with Crippen molar-refractivity contribution >= 4 is 47.8 Å². The van der Waals surface area contributed by atoms with Gasteiger partial charge in [0, 0.05) is 10.5 Å². The summed E-state index contributed by atoms with van der Waals surface area (Å²) in [5, 5.41) is 40.1. The quantitative estimate of drug-likeness (QED) is 0.178. The number of rotatable bonds is 7. The zero-order chi connectivity index (χ0) is 22.0. The van der Waals surface area contributed by atoms with Gasteiger partial charge in [-0.3, -0.25) is 0 Å². The fourth-order valence-corrected chi connectivity index (χ4v) is 0.902. The number of hydroxylamine groups is 4. The molecule has 0 amide bonds. The van der Waals surface area contributed by atoms with Crippen LogP contribution in [0.25, 0.3) is 0 Å². The minimum atomic E-state index is -2.50. The number of carbonyl (C=O) groups excluding carboxylic acids is 8. The molecule has 0 bridgehead atoms. The fourth-order valence-electron chi connectivity index (χ4n) is 0.902. The second-order valence-corrected chi connectivity index (χ2v) is 3.78. The van der Waals surface area contributed by atoms with Gasteiger partial charge < -0.3 is 59.0 Å². The average molecular weight is 500 g/mol. The Hall–Kier alpha value is -0.320. The third kappa shape index (κ3) is 18.1. The molecule has 0 aliphatic rings. The Balaban J connectivity index is -0.000000607. The van der Waals surface area contributed by atoms with Gasteiger partial charge in [-0.05, 0) is 0 Å². The van der Waals surface area contributed by atoms with Crippen molar-refractivity contribution in [2.24, 2.45) is 0 Å². The summed E-state index contributed by atoms with van der Waals surface area (Å²) in [6.45, 7) is -2.47. The largest absolute Gasteiger partial charge is 1.00 e. The molecule has 32 heavy (non-hydrogen) atoms. The topological polar surface area (TPSA) is 272 Å². The summed E-state index contributed by atoms with van der Waals surface area (Å²) in [6.07, 6.45) is 0. The van der Waals surface area contributed by atoms with E-state index in [9.17, 15) is 58.8 Å². The van der Waals surface area contributed by atoms with Gasteiger partial charge in [0.1, 0.15) is 0 Å². The van der Waals surface area contributed by atoms with Crippen molar-refractivity contribution in [1.29, 1.82) is 0 Å². The maximum Gasteiger partial charge on any atom is 1.00 e. The third-order valence-corrected chi connectivity index (χ3v) is 1.87. The molecule has 0 unspecified atom stereocenters. The van der Waals surface area contributed by atoms with Crippen LogP contribution in [-0.2, 0) is 57.7 Å². The first-order valence-electron chi connectivity index (χ1n) is 6.13. The van der Waals surface area contributed by atoms with Crippen molar-refractivity contribution in [3.63, 3.8) is 0 Å². The normalized spacial score (nSPS) is 8.69. The van der Waals surface area contributed by atoms with Gasteiger partial charge >= 0.3 is 142 Å². The van der Waals surface area contributed by atoms with Crippen molar-refractivity contribution in [2.45, 2.75) is 0 Å². The van der Waals surface area contributed by atoms with Crippen LogP contribution in [0.3, 0.4) is 0 Å². The molecule has 18 nitrogen and oxygen atoms in total. The molecule has 0 rings (SSSR count). The Labute approximate surface area is 264 Å². The molecular weight excluding hydrogens is 496 g/mol. The molecule has 0 atom stereocenters. The van der Waals surface area contributed by atoms with Crippen molar-refractivity contribution < 1.29 is 196 Å². The SMILES string of the molecule is O=C([O-])C(=O)ON(CCN(OC(=O)C(=O)[O-])OC(=O)C(=O)[O-])OC(=O)C(=O)[O-].[Na+].[Na+].[Na+].[Na+]. The van der Waals surface area contributed by atoms with E-state index in [2.05, 4.69) is 19.4 Å². The summed E-state index contributed by atoms with van der Waals surface area (Å²) in [5.74, 6) is -19.0. The molecule has 0 fully saturated rings. The Morgan fingerprint density at radius 3 is 0.719 bits per heavy atom. The molecule has 154 valence electrons. The molecule has 0 saturated carbocycles. The molecule has 0 aromatic heterocycles. The summed E-state index contributed by atoms with van der Waals surface area (Å²) < 4.78 is 0. The molecule has 0 aliphatic heterocycles. The van der Waals surface area contributed by atoms with Crippen LogP contribution in [0.2, 0.25) is 0 Å². The maximum absolute atomic E-state index is 10.8. The number of hydrogen-bond acceptors (Lipinski definition) is 18. The van der Waals surface area contributed by atoms with E-state index in [1.807, 2.05) is 0 Å². The first-order valence-corrected chi connectivity index (χ1v) is 6.13. The zero-order valence-electron chi connectivity index (χ0n) is 16.8. The molecule has 0 aliphatic carbocycles. The van der Waals surface area contributed by atoms with E-state index in [1.165, 1.54) is 0 Å². The van der Waals surface area contributed by atoms with Gasteiger partial charge in [0.25, 0.3) is 0 Å². The summed E-state index contributed by atoms with van der Waals surface area (Å²) in [6, 6.07) is 0.